The molecule has 0 radical (unpaired) electrons. The Morgan fingerprint density at radius 1 is 0.795 bits per heavy atom. The van der Waals surface area contributed by atoms with Gasteiger partial charge in [-0.25, -0.2) is 0 Å². The molecule has 0 saturated carbocycles. The lowest BCUT2D eigenvalue weighted by atomic mass is 9.70. The summed E-state index contributed by atoms with van der Waals surface area (Å²) in [7, 11) is 0. The zero-order valence-electron chi connectivity index (χ0n) is 21.8. The highest BCUT2D eigenvalue weighted by atomic mass is 16.7. The van der Waals surface area contributed by atoms with Crippen LogP contribution in [0.25, 0.3) is 0 Å². The molecule has 3 heterocycles. The first-order chi connectivity index (χ1) is 18.1. The fourth-order valence-electron chi connectivity index (χ4n) is 5.33. The van der Waals surface area contributed by atoms with Gasteiger partial charge in [0.05, 0.1) is 31.9 Å². The van der Waals surface area contributed by atoms with E-state index in [2.05, 4.69) is 0 Å². The highest BCUT2D eigenvalue weighted by molar-refractivity contribution is 5.14. The molecule has 17 nitrogen and oxygen atoms in total. The van der Waals surface area contributed by atoms with Crippen molar-refractivity contribution >= 4 is 0 Å². The Morgan fingerprint density at radius 3 is 1.82 bits per heavy atom. The molecule has 3 aliphatic heterocycles. The van der Waals surface area contributed by atoms with Gasteiger partial charge in [-0.2, -0.15) is 0 Å². The molecule has 39 heavy (non-hydrogen) atoms. The zero-order valence-corrected chi connectivity index (χ0v) is 21.8. The van der Waals surface area contributed by atoms with Crippen LogP contribution in [-0.2, 0) is 23.7 Å². The Hall–Kier alpha value is -0.680. The number of hydrogen-bond donors (Lipinski definition) is 12. The van der Waals surface area contributed by atoms with Crippen LogP contribution >= 0.6 is 0 Å². The van der Waals surface area contributed by atoms with Gasteiger partial charge < -0.3 is 86.8 Å². The summed E-state index contributed by atoms with van der Waals surface area (Å²) in [5, 5.41) is 93.8. The van der Waals surface area contributed by atoms with Crippen LogP contribution in [0.4, 0.5) is 0 Å². The lowest BCUT2D eigenvalue weighted by molar-refractivity contribution is -0.431. The van der Waals surface area contributed by atoms with E-state index in [0.29, 0.717) is 0 Å². The summed E-state index contributed by atoms with van der Waals surface area (Å²) < 4.78 is 28.0. The van der Waals surface area contributed by atoms with E-state index in [-0.39, 0.29) is 12.8 Å². The van der Waals surface area contributed by atoms with Crippen molar-refractivity contribution in [1.82, 2.24) is 0 Å². The lowest BCUT2D eigenvalue weighted by Crippen LogP contribution is -2.81. The summed E-state index contributed by atoms with van der Waals surface area (Å²) in [6, 6.07) is -4.54. The Kier molecular flexibility index (Phi) is 10.3. The number of hydrogen-bond acceptors (Lipinski definition) is 17. The van der Waals surface area contributed by atoms with Crippen LogP contribution in [0.5, 0.6) is 0 Å². The molecule has 0 aromatic rings. The second-order valence-electron chi connectivity index (χ2n) is 10.5. The van der Waals surface area contributed by atoms with E-state index in [1.807, 2.05) is 0 Å². The van der Waals surface area contributed by atoms with Crippen LogP contribution in [0.15, 0.2) is 0 Å². The Bertz CT molecular complexity index is 803. The largest absolute Gasteiger partial charge is 0.394 e. The Morgan fingerprint density at radius 2 is 1.31 bits per heavy atom. The molecule has 0 spiro atoms. The third-order valence-corrected chi connectivity index (χ3v) is 7.94. The molecule has 0 amide bonds. The van der Waals surface area contributed by atoms with Crippen molar-refractivity contribution in [3.05, 3.63) is 0 Å². The molecule has 3 rings (SSSR count). The van der Waals surface area contributed by atoms with Crippen LogP contribution in [0.2, 0.25) is 0 Å². The van der Waals surface area contributed by atoms with Crippen molar-refractivity contribution in [2.75, 3.05) is 19.8 Å². The van der Waals surface area contributed by atoms with E-state index in [4.69, 9.17) is 40.9 Å². The first-order valence-corrected chi connectivity index (χ1v) is 12.7. The van der Waals surface area contributed by atoms with Crippen LogP contribution in [0.3, 0.4) is 0 Å². The number of aliphatic hydroxyl groups is 9. The van der Waals surface area contributed by atoms with Crippen molar-refractivity contribution in [3.8, 4) is 0 Å². The van der Waals surface area contributed by atoms with Gasteiger partial charge in [0.1, 0.15) is 48.3 Å². The maximum Gasteiger partial charge on any atom is 0.216 e. The van der Waals surface area contributed by atoms with Gasteiger partial charge >= 0.3 is 0 Å². The summed E-state index contributed by atoms with van der Waals surface area (Å²) in [5.74, 6) is -3.02. The minimum atomic E-state index is -3.02. The predicted octanol–water partition coefficient (Wildman–Crippen LogP) is -6.79. The second kappa shape index (κ2) is 12.3. The van der Waals surface area contributed by atoms with Crippen molar-refractivity contribution in [2.45, 2.75) is 117 Å². The molecular weight excluding hydrogens is 530 g/mol. The number of aliphatic hydroxyl groups excluding tert-OH is 6. The smallest absolute Gasteiger partial charge is 0.216 e. The van der Waals surface area contributed by atoms with E-state index in [0.717, 1.165) is 0 Å². The Labute approximate surface area is 224 Å². The monoisotopic (exact) mass is 573 g/mol. The highest BCUT2D eigenvalue weighted by Crippen LogP contribution is 2.46. The molecule has 15 N–H and O–H groups in total. The maximum atomic E-state index is 11.1. The van der Waals surface area contributed by atoms with E-state index in [1.165, 1.54) is 6.92 Å². The first kappa shape index (κ1) is 32.8. The van der Waals surface area contributed by atoms with Crippen molar-refractivity contribution in [2.24, 2.45) is 17.2 Å². The SMILES string of the molecule is CCC[C@@]1(O)C(O)(O)[C@H](N)[C@@H](OC2[C@@H](CO)O[C@@H](OC3[C@@H](CO)O[C@@H](O)[C@H](N)[C@H]3O)[C@H](N)[C@H]2O)O[C@]1(C)CO. The molecule has 14 atom stereocenters. The molecule has 3 aliphatic rings. The molecule has 3 fully saturated rings. The highest BCUT2D eigenvalue weighted by Gasteiger charge is 2.69. The fraction of sp³-hybridized carbons (Fsp3) is 1.00. The topological polar surface area (TPSA) is 306 Å². The minimum Gasteiger partial charge on any atom is -0.394 e. The van der Waals surface area contributed by atoms with Crippen molar-refractivity contribution in [1.29, 1.82) is 0 Å². The van der Waals surface area contributed by atoms with Gasteiger partial charge in [-0.05, 0) is 13.3 Å². The number of rotatable bonds is 9. The molecule has 230 valence electrons. The maximum absolute atomic E-state index is 11.1. The number of nitrogens with two attached hydrogens (primary N) is 3. The average molecular weight is 574 g/mol. The van der Waals surface area contributed by atoms with Gasteiger partial charge in [-0.1, -0.05) is 13.3 Å². The summed E-state index contributed by atoms with van der Waals surface area (Å²) in [6.45, 7) is 0.576. The minimum absolute atomic E-state index is 0.206. The molecule has 17 heteroatoms. The quantitative estimate of drug-likeness (QED) is 0.114. The number of ether oxygens (including phenoxy) is 5. The summed E-state index contributed by atoms with van der Waals surface area (Å²) in [4.78, 5) is 0. The molecule has 0 aliphatic carbocycles. The average Bonchev–Trinajstić information content (AvgIpc) is 2.90. The zero-order chi connectivity index (χ0) is 29.5. The molecule has 0 bridgehead atoms. The van der Waals surface area contributed by atoms with E-state index >= 15 is 0 Å². The van der Waals surface area contributed by atoms with E-state index in [1.54, 1.807) is 6.92 Å². The molecule has 0 aromatic carbocycles. The molecule has 2 unspecified atom stereocenters. The lowest BCUT2D eigenvalue weighted by Gasteiger charge is -2.58. The third kappa shape index (κ3) is 5.58. The third-order valence-electron chi connectivity index (χ3n) is 7.94. The fourth-order valence-corrected chi connectivity index (χ4v) is 5.33. The first-order valence-electron chi connectivity index (χ1n) is 12.7. The predicted molar refractivity (Wildman–Crippen MR) is 127 cm³/mol. The van der Waals surface area contributed by atoms with Gasteiger partial charge in [0.25, 0.3) is 0 Å². The molecule has 0 aromatic heterocycles. The van der Waals surface area contributed by atoms with Crippen molar-refractivity contribution < 1.29 is 69.6 Å². The normalized spacial score (nSPS) is 50.6. The standard InChI is InChI=1S/C22H43N3O14/c1-3-4-21(32)20(2,7-28)39-19(16(25)22(21,33)34)38-15-9(6-27)36-18(11(24)13(15)30)37-14-8(5-26)35-17(31)10(23)12(14)29/h8-19,26-34H,3-7,23-25H2,1-2H3/t8-,9-,10-,11-,12-,13-,14?,15?,16-,17-,18+,19+,20-,21+/m1/s1. The van der Waals surface area contributed by atoms with Gasteiger partial charge in [0, 0.05) is 0 Å². The molecular formula is C22H43N3O14. The van der Waals surface area contributed by atoms with Gasteiger partial charge in [-0.3, -0.25) is 0 Å². The van der Waals surface area contributed by atoms with Gasteiger partial charge in [-0.15, -0.1) is 0 Å². The van der Waals surface area contributed by atoms with E-state index < -0.39 is 110 Å². The Balaban J connectivity index is 1.81. The van der Waals surface area contributed by atoms with Gasteiger partial charge in [0.2, 0.25) is 5.79 Å². The summed E-state index contributed by atoms with van der Waals surface area (Å²) in [5.41, 5.74) is 13.5. The second-order valence-corrected chi connectivity index (χ2v) is 10.5. The van der Waals surface area contributed by atoms with Crippen LogP contribution < -0.4 is 17.2 Å². The summed E-state index contributed by atoms with van der Waals surface area (Å²) in [6.07, 6.45) is -13.4. The summed E-state index contributed by atoms with van der Waals surface area (Å²) >= 11 is 0. The van der Waals surface area contributed by atoms with E-state index in [9.17, 15) is 46.0 Å². The van der Waals surface area contributed by atoms with Crippen molar-refractivity contribution in [3.63, 3.8) is 0 Å². The van der Waals surface area contributed by atoms with Gasteiger partial charge in [0.15, 0.2) is 24.5 Å². The van der Waals surface area contributed by atoms with Crippen LogP contribution in [0.1, 0.15) is 26.7 Å². The molecule has 3 saturated heterocycles. The van der Waals surface area contributed by atoms with Crippen LogP contribution in [-0.4, -0.2) is 156 Å². The van der Waals surface area contributed by atoms with Crippen LogP contribution in [0, 0.1) is 0 Å².